The van der Waals surface area contributed by atoms with Gasteiger partial charge in [0.25, 0.3) is 0 Å². The highest BCUT2D eigenvalue weighted by molar-refractivity contribution is 5.81. The van der Waals surface area contributed by atoms with E-state index in [1.807, 2.05) is 4.90 Å². The molecule has 0 radical (unpaired) electrons. The monoisotopic (exact) mass is 249 g/mol. The lowest BCUT2D eigenvalue weighted by molar-refractivity contribution is -0.131. The summed E-state index contributed by atoms with van der Waals surface area (Å²) in [5.41, 5.74) is 0. The van der Waals surface area contributed by atoms with Crippen LogP contribution in [0.15, 0.2) is 24.3 Å². The van der Waals surface area contributed by atoms with Crippen molar-refractivity contribution in [3.8, 4) is 5.75 Å². The van der Waals surface area contributed by atoms with E-state index in [9.17, 15) is 9.18 Å². The topological polar surface area (TPSA) is 29.5 Å². The molecule has 1 aliphatic carbocycles. The van der Waals surface area contributed by atoms with Crippen LogP contribution in [0, 0.1) is 11.7 Å². The number of ether oxygens (including phenoxy) is 1. The van der Waals surface area contributed by atoms with E-state index in [0.29, 0.717) is 12.3 Å². The minimum atomic E-state index is -0.295. The van der Waals surface area contributed by atoms with Crippen molar-refractivity contribution in [2.24, 2.45) is 5.92 Å². The Morgan fingerprint density at radius 1 is 1.33 bits per heavy atom. The lowest BCUT2D eigenvalue weighted by Gasteiger charge is -2.17. The van der Waals surface area contributed by atoms with Crippen LogP contribution in [0.3, 0.4) is 0 Å². The Kier molecular flexibility index (Phi) is 2.94. The largest absolute Gasteiger partial charge is 0.488 e. The first-order valence-corrected chi connectivity index (χ1v) is 6.43. The SMILES string of the molecule is O=C(C1CC1)N1CCC(Oc2cccc(F)c2)C1. The van der Waals surface area contributed by atoms with Crippen LogP contribution in [0.4, 0.5) is 4.39 Å². The molecule has 0 N–H and O–H groups in total. The summed E-state index contributed by atoms with van der Waals surface area (Å²) >= 11 is 0. The Morgan fingerprint density at radius 3 is 2.89 bits per heavy atom. The molecule has 1 atom stereocenters. The molecule has 0 bridgehead atoms. The maximum Gasteiger partial charge on any atom is 0.225 e. The summed E-state index contributed by atoms with van der Waals surface area (Å²) in [5.74, 6) is 0.774. The fraction of sp³-hybridized carbons (Fsp3) is 0.500. The lowest BCUT2D eigenvalue weighted by atomic mass is 10.3. The average molecular weight is 249 g/mol. The summed E-state index contributed by atoms with van der Waals surface area (Å²) in [6, 6.07) is 6.15. The normalized spacial score (nSPS) is 23.2. The fourth-order valence-corrected chi connectivity index (χ4v) is 2.35. The first-order valence-electron chi connectivity index (χ1n) is 6.43. The molecule has 3 nitrogen and oxygen atoms in total. The van der Waals surface area contributed by atoms with Gasteiger partial charge < -0.3 is 9.64 Å². The van der Waals surface area contributed by atoms with Gasteiger partial charge in [0.1, 0.15) is 17.7 Å². The van der Waals surface area contributed by atoms with Crippen molar-refractivity contribution in [1.29, 1.82) is 0 Å². The number of hydrogen-bond acceptors (Lipinski definition) is 2. The lowest BCUT2D eigenvalue weighted by Crippen LogP contribution is -2.31. The van der Waals surface area contributed by atoms with Crippen LogP contribution in [0.1, 0.15) is 19.3 Å². The molecule has 0 aromatic heterocycles. The number of halogens is 1. The molecule has 1 saturated heterocycles. The highest BCUT2D eigenvalue weighted by Crippen LogP contribution is 2.32. The number of nitrogens with zero attached hydrogens (tertiary/aromatic N) is 1. The number of rotatable bonds is 3. The van der Waals surface area contributed by atoms with Crippen LogP contribution in [-0.4, -0.2) is 30.0 Å². The smallest absolute Gasteiger partial charge is 0.225 e. The first kappa shape index (κ1) is 11.5. The van der Waals surface area contributed by atoms with Gasteiger partial charge in [-0.15, -0.1) is 0 Å². The first-order chi connectivity index (χ1) is 8.72. The maximum atomic E-state index is 13.0. The van der Waals surface area contributed by atoms with Gasteiger partial charge in [0.05, 0.1) is 6.54 Å². The van der Waals surface area contributed by atoms with Gasteiger partial charge in [-0.3, -0.25) is 4.79 Å². The predicted octanol–water partition coefficient (Wildman–Crippen LogP) is 2.22. The molecule has 1 aliphatic heterocycles. The van der Waals surface area contributed by atoms with Gasteiger partial charge in [0, 0.05) is 24.9 Å². The van der Waals surface area contributed by atoms with E-state index in [4.69, 9.17) is 4.74 Å². The number of benzene rings is 1. The molecule has 96 valence electrons. The van der Waals surface area contributed by atoms with E-state index >= 15 is 0 Å². The van der Waals surface area contributed by atoms with Crippen LogP contribution in [0.2, 0.25) is 0 Å². The Labute approximate surface area is 106 Å². The minimum absolute atomic E-state index is 0.00509. The summed E-state index contributed by atoms with van der Waals surface area (Å²) in [6.07, 6.45) is 2.89. The number of carbonyl (C=O) groups excluding carboxylic acids is 1. The Morgan fingerprint density at radius 2 is 2.17 bits per heavy atom. The van der Waals surface area contributed by atoms with E-state index in [-0.39, 0.29) is 23.7 Å². The van der Waals surface area contributed by atoms with Gasteiger partial charge in [-0.1, -0.05) is 6.07 Å². The van der Waals surface area contributed by atoms with Gasteiger partial charge >= 0.3 is 0 Å². The zero-order chi connectivity index (χ0) is 12.5. The molecule has 1 heterocycles. The third-order valence-electron chi connectivity index (χ3n) is 3.48. The molecule has 1 unspecified atom stereocenters. The van der Waals surface area contributed by atoms with Crippen LogP contribution >= 0.6 is 0 Å². The molecule has 0 spiro atoms. The van der Waals surface area contributed by atoms with Crippen LogP contribution in [0.25, 0.3) is 0 Å². The van der Waals surface area contributed by atoms with Crippen LogP contribution in [-0.2, 0) is 4.79 Å². The van der Waals surface area contributed by atoms with Crippen molar-refractivity contribution in [3.63, 3.8) is 0 Å². The summed E-state index contributed by atoms with van der Waals surface area (Å²) in [7, 11) is 0. The van der Waals surface area contributed by atoms with Crippen molar-refractivity contribution < 1.29 is 13.9 Å². The summed E-state index contributed by atoms with van der Waals surface area (Å²) in [6.45, 7) is 1.39. The summed E-state index contributed by atoms with van der Waals surface area (Å²) in [5, 5.41) is 0. The standard InChI is InChI=1S/C14H16FNO2/c15-11-2-1-3-12(8-11)18-13-6-7-16(9-13)14(17)10-4-5-10/h1-3,8,10,13H,4-7,9H2. The summed E-state index contributed by atoms with van der Waals surface area (Å²) in [4.78, 5) is 13.7. The average Bonchev–Trinajstić information content (AvgIpc) is 3.09. The van der Waals surface area contributed by atoms with Gasteiger partial charge in [-0.2, -0.15) is 0 Å². The number of likely N-dealkylation sites (tertiary alicyclic amines) is 1. The third-order valence-corrected chi connectivity index (χ3v) is 3.48. The summed E-state index contributed by atoms with van der Waals surface area (Å²) < 4.78 is 18.7. The van der Waals surface area contributed by atoms with E-state index in [1.165, 1.54) is 12.1 Å². The molecular formula is C14H16FNO2. The molecule has 1 aromatic rings. The van der Waals surface area contributed by atoms with Crippen molar-refractivity contribution >= 4 is 5.91 Å². The number of hydrogen-bond donors (Lipinski definition) is 0. The van der Waals surface area contributed by atoms with E-state index in [1.54, 1.807) is 12.1 Å². The second-order valence-electron chi connectivity index (χ2n) is 5.04. The van der Waals surface area contributed by atoms with Crippen molar-refractivity contribution in [2.45, 2.75) is 25.4 Å². The quantitative estimate of drug-likeness (QED) is 0.822. The van der Waals surface area contributed by atoms with Gasteiger partial charge in [-0.05, 0) is 25.0 Å². The Hall–Kier alpha value is -1.58. The maximum absolute atomic E-state index is 13.0. The Bertz CT molecular complexity index is 459. The molecular weight excluding hydrogens is 233 g/mol. The van der Waals surface area contributed by atoms with Gasteiger partial charge in [-0.25, -0.2) is 4.39 Å². The second kappa shape index (κ2) is 4.59. The highest BCUT2D eigenvalue weighted by Gasteiger charge is 2.37. The number of amides is 1. The number of carbonyl (C=O) groups is 1. The molecule has 18 heavy (non-hydrogen) atoms. The van der Waals surface area contributed by atoms with Crippen LogP contribution in [0.5, 0.6) is 5.75 Å². The molecule has 1 amide bonds. The second-order valence-corrected chi connectivity index (χ2v) is 5.04. The van der Waals surface area contributed by atoms with Gasteiger partial charge in [0.2, 0.25) is 5.91 Å². The zero-order valence-corrected chi connectivity index (χ0v) is 10.1. The van der Waals surface area contributed by atoms with Gasteiger partial charge in [0.15, 0.2) is 0 Å². The van der Waals surface area contributed by atoms with E-state index in [0.717, 1.165) is 25.8 Å². The Balaban J connectivity index is 1.57. The van der Waals surface area contributed by atoms with Crippen molar-refractivity contribution in [3.05, 3.63) is 30.1 Å². The molecule has 3 rings (SSSR count). The molecule has 2 aliphatic rings. The molecule has 4 heteroatoms. The van der Waals surface area contributed by atoms with Crippen molar-refractivity contribution in [2.75, 3.05) is 13.1 Å². The predicted molar refractivity (Wildman–Crippen MR) is 64.7 cm³/mol. The molecule has 1 aromatic carbocycles. The zero-order valence-electron chi connectivity index (χ0n) is 10.1. The minimum Gasteiger partial charge on any atom is -0.488 e. The fourth-order valence-electron chi connectivity index (χ4n) is 2.35. The van der Waals surface area contributed by atoms with E-state index < -0.39 is 0 Å². The van der Waals surface area contributed by atoms with E-state index in [2.05, 4.69) is 0 Å². The highest BCUT2D eigenvalue weighted by atomic mass is 19.1. The molecule has 1 saturated carbocycles. The van der Waals surface area contributed by atoms with Crippen molar-refractivity contribution in [1.82, 2.24) is 4.90 Å². The molecule has 2 fully saturated rings. The third kappa shape index (κ3) is 2.47. The van der Waals surface area contributed by atoms with Crippen LogP contribution < -0.4 is 4.74 Å².